The highest BCUT2D eigenvalue weighted by Gasteiger charge is 2.29. The van der Waals surface area contributed by atoms with Gasteiger partial charge in [0.25, 0.3) is 0 Å². The molecule has 2 rings (SSSR count). The van der Waals surface area contributed by atoms with Crippen LogP contribution in [0.4, 0.5) is 0 Å². The van der Waals surface area contributed by atoms with Gasteiger partial charge < -0.3 is 9.67 Å². The zero-order valence-corrected chi connectivity index (χ0v) is 7.12. The molecule has 0 spiro atoms. The molecule has 0 saturated heterocycles. The van der Waals surface area contributed by atoms with Crippen molar-refractivity contribution >= 4 is 18.4 Å². The van der Waals surface area contributed by atoms with Gasteiger partial charge in [0, 0.05) is 18.9 Å². The minimum absolute atomic E-state index is 0. The van der Waals surface area contributed by atoms with Gasteiger partial charge in [-0.25, -0.2) is 4.98 Å². The quantitative estimate of drug-likeness (QED) is 0.712. The lowest BCUT2D eigenvalue weighted by atomic mass is 10.1. The highest BCUT2D eigenvalue weighted by molar-refractivity contribution is 5.85. The maximum absolute atomic E-state index is 10.6. The summed E-state index contributed by atoms with van der Waals surface area (Å²) in [6.07, 6.45) is 4.14. The Morgan fingerprint density at radius 3 is 3.17 bits per heavy atom. The number of nitrogens with zero attached hydrogens (tertiary/aromatic N) is 2. The van der Waals surface area contributed by atoms with E-state index >= 15 is 0 Å². The van der Waals surface area contributed by atoms with Crippen molar-refractivity contribution in [3.8, 4) is 0 Å². The predicted octanol–water partition coefficient (Wildman–Crippen LogP) is 0.877. The molecule has 2 heterocycles. The molecule has 1 aliphatic rings. The Bertz CT molecular complexity index is 297. The SMILES string of the molecule is Cl.O=C(O)C1CCn2ccnc21. The second-order valence-corrected chi connectivity index (χ2v) is 2.66. The van der Waals surface area contributed by atoms with Crippen LogP contribution in [0.1, 0.15) is 18.2 Å². The van der Waals surface area contributed by atoms with Gasteiger partial charge in [0.1, 0.15) is 11.7 Å². The summed E-state index contributed by atoms with van der Waals surface area (Å²) in [7, 11) is 0. The highest BCUT2D eigenvalue weighted by atomic mass is 35.5. The maximum Gasteiger partial charge on any atom is 0.314 e. The third-order valence-corrected chi connectivity index (χ3v) is 2.02. The van der Waals surface area contributed by atoms with Crippen LogP contribution in [0.3, 0.4) is 0 Å². The first-order valence-corrected chi connectivity index (χ1v) is 3.53. The summed E-state index contributed by atoms with van der Waals surface area (Å²) >= 11 is 0. The van der Waals surface area contributed by atoms with Crippen molar-refractivity contribution < 1.29 is 9.90 Å². The van der Waals surface area contributed by atoms with E-state index in [0.29, 0.717) is 12.2 Å². The van der Waals surface area contributed by atoms with Gasteiger partial charge in [0.05, 0.1) is 0 Å². The van der Waals surface area contributed by atoms with Crippen LogP contribution < -0.4 is 0 Å². The van der Waals surface area contributed by atoms with Gasteiger partial charge in [0.2, 0.25) is 0 Å². The number of hydrogen-bond acceptors (Lipinski definition) is 2. The molecule has 0 bridgehead atoms. The number of rotatable bonds is 1. The first kappa shape index (κ1) is 9.06. The topological polar surface area (TPSA) is 55.1 Å². The van der Waals surface area contributed by atoms with Crippen molar-refractivity contribution in [1.29, 1.82) is 0 Å². The molecular weight excluding hydrogens is 180 g/mol. The van der Waals surface area contributed by atoms with Gasteiger partial charge in [-0.2, -0.15) is 0 Å². The van der Waals surface area contributed by atoms with E-state index in [2.05, 4.69) is 4.98 Å². The fourth-order valence-corrected chi connectivity index (χ4v) is 1.45. The molecule has 0 fully saturated rings. The van der Waals surface area contributed by atoms with E-state index in [9.17, 15) is 4.79 Å². The second-order valence-electron chi connectivity index (χ2n) is 2.66. The fraction of sp³-hybridized carbons (Fsp3) is 0.429. The van der Waals surface area contributed by atoms with E-state index in [0.717, 1.165) is 6.54 Å². The normalized spacial score (nSPS) is 19.8. The third kappa shape index (κ3) is 1.18. The van der Waals surface area contributed by atoms with E-state index < -0.39 is 5.97 Å². The molecule has 1 N–H and O–H groups in total. The van der Waals surface area contributed by atoms with Gasteiger partial charge >= 0.3 is 5.97 Å². The van der Waals surface area contributed by atoms with E-state index in [-0.39, 0.29) is 18.3 Å². The van der Waals surface area contributed by atoms with Crippen LogP contribution in [-0.4, -0.2) is 20.6 Å². The smallest absolute Gasteiger partial charge is 0.314 e. The molecule has 66 valence electrons. The Morgan fingerprint density at radius 2 is 2.50 bits per heavy atom. The van der Waals surface area contributed by atoms with Crippen molar-refractivity contribution in [2.24, 2.45) is 0 Å². The Kier molecular flexibility index (Phi) is 2.38. The van der Waals surface area contributed by atoms with Crippen LogP contribution in [0.2, 0.25) is 0 Å². The lowest BCUT2D eigenvalue weighted by Crippen LogP contribution is -2.08. The van der Waals surface area contributed by atoms with Gasteiger partial charge in [-0.1, -0.05) is 0 Å². The summed E-state index contributed by atoms with van der Waals surface area (Å²) in [6.45, 7) is 0.784. The van der Waals surface area contributed by atoms with Crippen molar-refractivity contribution in [3.05, 3.63) is 18.2 Å². The third-order valence-electron chi connectivity index (χ3n) is 2.02. The number of hydrogen-bond donors (Lipinski definition) is 1. The lowest BCUT2D eigenvalue weighted by Gasteiger charge is -1.98. The number of imidazole rings is 1. The van der Waals surface area contributed by atoms with Crippen molar-refractivity contribution in [3.63, 3.8) is 0 Å². The van der Waals surface area contributed by atoms with Crippen LogP contribution in [0, 0.1) is 0 Å². The number of aliphatic carboxylic acids is 1. The number of carboxylic acid groups (broad SMARTS) is 1. The summed E-state index contributed by atoms with van der Waals surface area (Å²) in [6, 6.07) is 0. The molecule has 1 aromatic heterocycles. The molecule has 0 aromatic carbocycles. The number of carboxylic acids is 1. The minimum Gasteiger partial charge on any atom is -0.481 e. The van der Waals surface area contributed by atoms with Crippen LogP contribution in [0.5, 0.6) is 0 Å². The van der Waals surface area contributed by atoms with E-state index in [1.807, 2.05) is 10.8 Å². The van der Waals surface area contributed by atoms with Gasteiger partial charge in [-0.3, -0.25) is 4.79 Å². The summed E-state index contributed by atoms with van der Waals surface area (Å²) in [5, 5.41) is 8.73. The van der Waals surface area contributed by atoms with Gasteiger partial charge in [-0.05, 0) is 6.42 Å². The first-order chi connectivity index (χ1) is 5.29. The molecule has 1 unspecified atom stereocenters. The molecule has 0 radical (unpaired) electrons. The van der Waals surface area contributed by atoms with Gasteiger partial charge in [-0.15, -0.1) is 12.4 Å². The predicted molar refractivity (Wildman–Crippen MR) is 44.5 cm³/mol. The highest BCUT2D eigenvalue weighted by Crippen LogP contribution is 2.25. The Balaban J connectivity index is 0.000000720. The largest absolute Gasteiger partial charge is 0.481 e. The number of halogens is 1. The number of carbonyl (C=O) groups is 1. The van der Waals surface area contributed by atoms with E-state index in [4.69, 9.17) is 5.11 Å². The molecular formula is C7H9ClN2O2. The molecule has 1 aromatic rings. The molecule has 12 heavy (non-hydrogen) atoms. The van der Waals surface area contributed by atoms with Gasteiger partial charge in [0.15, 0.2) is 0 Å². The average Bonchev–Trinajstić information content (AvgIpc) is 2.41. The first-order valence-electron chi connectivity index (χ1n) is 3.53. The Hall–Kier alpha value is -1.03. The van der Waals surface area contributed by atoms with Crippen LogP contribution >= 0.6 is 12.4 Å². The molecule has 0 aliphatic carbocycles. The summed E-state index contributed by atoms with van der Waals surface area (Å²) < 4.78 is 1.89. The Morgan fingerprint density at radius 1 is 1.75 bits per heavy atom. The number of aryl methyl sites for hydroxylation is 1. The molecule has 1 atom stereocenters. The van der Waals surface area contributed by atoms with E-state index in [1.165, 1.54) is 0 Å². The van der Waals surface area contributed by atoms with Crippen molar-refractivity contribution in [1.82, 2.24) is 9.55 Å². The molecule has 0 saturated carbocycles. The summed E-state index contributed by atoms with van der Waals surface area (Å²) in [5.74, 6) is -0.461. The lowest BCUT2D eigenvalue weighted by molar-refractivity contribution is -0.138. The zero-order valence-electron chi connectivity index (χ0n) is 6.30. The van der Waals surface area contributed by atoms with E-state index in [1.54, 1.807) is 6.20 Å². The zero-order chi connectivity index (χ0) is 7.84. The standard InChI is InChI=1S/C7H8N2O2.ClH/c10-7(11)5-1-3-9-4-2-8-6(5)9;/h2,4-5H,1,3H2,(H,10,11);1H. The van der Waals surface area contributed by atoms with Crippen LogP contribution in [-0.2, 0) is 11.3 Å². The maximum atomic E-state index is 10.6. The molecule has 1 aliphatic heterocycles. The minimum atomic E-state index is -0.769. The van der Waals surface area contributed by atoms with Crippen molar-refractivity contribution in [2.75, 3.05) is 0 Å². The summed E-state index contributed by atoms with van der Waals surface area (Å²) in [5.41, 5.74) is 0. The second kappa shape index (κ2) is 3.15. The van der Waals surface area contributed by atoms with Crippen molar-refractivity contribution in [2.45, 2.75) is 18.9 Å². The summed E-state index contributed by atoms with van der Waals surface area (Å²) in [4.78, 5) is 14.6. The van der Waals surface area contributed by atoms with Crippen LogP contribution in [0.25, 0.3) is 0 Å². The molecule has 0 amide bonds. The fourth-order valence-electron chi connectivity index (χ4n) is 1.45. The Labute approximate surface area is 75.6 Å². The molecule has 5 heteroatoms. The van der Waals surface area contributed by atoms with Crippen LogP contribution in [0.15, 0.2) is 12.4 Å². The monoisotopic (exact) mass is 188 g/mol. The molecule has 4 nitrogen and oxygen atoms in total. The number of fused-ring (bicyclic) bond motifs is 1. The average molecular weight is 189 g/mol. The number of aromatic nitrogens is 2.